The van der Waals surface area contributed by atoms with Crippen LogP contribution in [0, 0.1) is 0 Å². The Bertz CT molecular complexity index is 987. The van der Waals surface area contributed by atoms with Crippen LogP contribution in [-0.4, -0.2) is 46.1 Å². The van der Waals surface area contributed by atoms with E-state index in [1.165, 1.54) is 0 Å². The van der Waals surface area contributed by atoms with Crippen molar-refractivity contribution in [1.29, 1.82) is 0 Å². The van der Waals surface area contributed by atoms with Crippen molar-refractivity contribution in [1.82, 2.24) is 14.9 Å². The number of benzene rings is 1. The highest BCUT2D eigenvalue weighted by Gasteiger charge is 2.44. The summed E-state index contributed by atoms with van der Waals surface area (Å²) in [5, 5.41) is 1.02. The smallest absolute Gasteiger partial charge is 0.270 e. The number of H-pyrrole nitrogens is 1. The highest BCUT2D eigenvalue weighted by Crippen LogP contribution is 2.38. The lowest BCUT2D eigenvalue weighted by molar-refractivity contribution is 0.0354. The van der Waals surface area contributed by atoms with Crippen LogP contribution in [0.3, 0.4) is 0 Å². The van der Waals surface area contributed by atoms with E-state index in [1.54, 1.807) is 19.5 Å². The van der Waals surface area contributed by atoms with Gasteiger partial charge in [0.15, 0.2) is 0 Å². The lowest BCUT2D eigenvalue weighted by atomic mass is 9.99. The minimum absolute atomic E-state index is 0.0880. The van der Waals surface area contributed by atoms with Crippen molar-refractivity contribution >= 4 is 16.8 Å². The van der Waals surface area contributed by atoms with Crippen molar-refractivity contribution < 1.29 is 14.3 Å². The summed E-state index contributed by atoms with van der Waals surface area (Å²) < 4.78 is 11.4. The van der Waals surface area contributed by atoms with Gasteiger partial charge in [0.25, 0.3) is 5.91 Å². The third kappa shape index (κ3) is 2.99. The molecule has 2 aromatic heterocycles. The summed E-state index contributed by atoms with van der Waals surface area (Å²) in [5.74, 6) is 1.72. The van der Waals surface area contributed by atoms with Crippen molar-refractivity contribution in [2.45, 2.75) is 43.9 Å². The molecule has 1 aromatic carbocycles. The van der Waals surface area contributed by atoms with E-state index in [0.717, 1.165) is 48.1 Å². The van der Waals surface area contributed by atoms with E-state index in [0.29, 0.717) is 5.69 Å². The van der Waals surface area contributed by atoms with Gasteiger partial charge in [-0.1, -0.05) is 0 Å². The van der Waals surface area contributed by atoms with E-state index in [9.17, 15) is 4.79 Å². The molecule has 0 spiro atoms. The molecule has 2 bridgehead atoms. The number of nitrogens with zero attached hydrogens (tertiary/aromatic N) is 2. The van der Waals surface area contributed by atoms with Crippen molar-refractivity contribution in [2.75, 3.05) is 7.11 Å². The molecule has 144 valence electrons. The SMILES string of the molecule is COc1ccc2cc(C(=O)N3C4CCC3CC(Oc3ccncc3)C4)[nH]c2c1. The van der Waals surface area contributed by atoms with Gasteiger partial charge in [0.2, 0.25) is 0 Å². The van der Waals surface area contributed by atoms with Crippen molar-refractivity contribution in [3.63, 3.8) is 0 Å². The molecular formula is C22H23N3O3. The number of carbonyl (C=O) groups excluding carboxylic acids is 1. The minimum atomic E-state index is 0.0880. The molecule has 2 aliphatic rings. The van der Waals surface area contributed by atoms with Gasteiger partial charge in [-0.3, -0.25) is 9.78 Å². The number of ether oxygens (including phenoxy) is 2. The number of fused-ring (bicyclic) bond motifs is 3. The van der Waals surface area contributed by atoms with Crippen LogP contribution in [0.25, 0.3) is 10.9 Å². The standard InChI is InChI=1S/C22H23N3O3/c1-27-18-5-2-14-10-21(24-20(14)13-18)22(26)25-15-3-4-16(25)12-19(11-15)28-17-6-8-23-9-7-17/h2,5-10,13,15-16,19,24H,3-4,11-12H2,1H3. The minimum Gasteiger partial charge on any atom is -0.497 e. The Morgan fingerprint density at radius 2 is 1.82 bits per heavy atom. The van der Waals surface area contributed by atoms with Crippen LogP contribution >= 0.6 is 0 Å². The fourth-order valence-corrected chi connectivity index (χ4v) is 4.65. The maximum Gasteiger partial charge on any atom is 0.270 e. The van der Waals surface area contributed by atoms with Gasteiger partial charge in [-0.05, 0) is 43.2 Å². The van der Waals surface area contributed by atoms with Gasteiger partial charge < -0.3 is 19.4 Å². The normalized spacial score (nSPS) is 23.8. The quantitative estimate of drug-likeness (QED) is 0.751. The number of rotatable bonds is 4. The molecule has 0 radical (unpaired) electrons. The van der Waals surface area contributed by atoms with E-state index in [2.05, 4.69) is 14.9 Å². The molecular weight excluding hydrogens is 354 g/mol. The number of aromatic nitrogens is 2. The fraction of sp³-hybridized carbons (Fsp3) is 0.364. The molecule has 6 heteroatoms. The highest BCUT2D eigenvalue weighted by atomic mass is 16.5. The summed E-state index contributed by atoms with van der Waals surface area (Å²) in [5.41, 5.74) is 1.57. The molecule has 6 nitrogen and oxygen atoms in total. The van der Waals surface area contributed by atoms with Gasteiger partial charge >= 0.3 is 0 Å². The number of nitrogens with one attached hydrogen (secondary N) is 1. The number of piperidine rings is 1. The van der Waals surface area contributed by atoms with E-state index in [4.69, 9.17) is 9.47 Å². The molecule has 2 unspecified atom stereocenters. The third-order valence-corrected chi connectivity index (χ3v) is 5.94. The number of hydrogen-bond donors (Lipinski definition) is 1. The Balaban J connectivity index is 1.34. The predicted octanol–water partition coefficient (Wildman–Crippen LogP) is 3.79. The number of carbonyl (C=O) groups is 1. The first-order valence-corrected chi connectivity index (χ1v) is 9.77. The lowest BCUT2D eigenvalue weighted by Gasteiger charge is -2.38. The molecule has 0 aliphatic carbocycles. The zero-order valence-corrected chi connectivity index (χ0v) is 15.8. The van der Waals surface area contributed by atoms with E-state index < -0.39 is 0 Å². The van der Waals surface area contributed by atoms with Crippen LogP contribution in [0.15, 0.2) is 48.8 Å². The number of amides is 1. The average molecular weight is 377 g/mol. The summed E-state index contributed by atoms with van der Waals surface area (Å²) in [6.45, 7) is 0. The van der Waals surface area contributed by atoms with Crippen LogP contribution in [0.4, 0.5) is 0 Å². The van der Waals surface area contributed by atoms with Gasteiger partial charge in [0, 0.05) is 54.3 Å². The summed E-state index contributed by atoms with van der Waals surface area (Å²) in [6, 6.07) is 12.0. The molecule has 2 saturated heterocycles. The van der Waals surface area contributed by atoms with Crippen LogP contribution in [0.1, 0.15) is 36.2 Å². The second-order valence-electron chi connectivity index (χ2n) is 7.63. The molecule has 2 fully saturated rings. The summed E-state index contributed by atoms with van der Waals surface area (Å²) in [6.07, 6.45) is 7.47. The van der Waals surface area contributed by atoms with Crippen LogP contribution in [0.5, 0.6) is 11.5 Å². The summed E-state index contributed by atoms with van der Waals surface area (Å²) >= 11 is 0. The number of pyridine rings is 1. The second kappa shape index (κ2) is 6.86. The van der Waals surface area contributed by atoms with Crippen LogP contribution < -0.4 is 9.47 Å². The topological polar surface area (TPSA) is 67.4 Å². The molecule has 1 amide bonds. The van der Waals surface area contributed by atoms with E-state index in [1.807, 2.05) is 36.4 Å². The molecule has 4 heterocycles. The molecule has 5 rings (SSSR count). The second-order valence-corrected chi connectivity index (χ2v) is 7.63. The largest absolute Gasteiger partial charge is 0.497 e. The van der Waals surface area contributed by atoms with Crippen LogP contribution in [0.2, 0.25) is 0 Å². The highest BCUT2D eigenvalue weighted by molar-refractivity contribution is 5.98. The summed E-state index contributed by atoms with van der Waals surface area (Å²) in [4.78, 5) is 22.7. The fourth-order valence-electron chi connectivity index (χ4n) is 4.65. The number of aromatic amines is 1. The Morgan fingerprint density at radius 1 is 1.07 bits per heavy atom. The maximum atomic E-state index is 13.3. The monoisotopic (exact) mass is 377 g/mol. The maximum absolute atomic E-state index is 13.3. The number of hydrogen-bond acceptors (Lipinski definition) is 4. The van der Waals surface area contributed by atoms with E-state index in [-0.39, 0.29) is 24.1 Å². The van der Waals surface area contributed by atoms with Crippen LogP contribution in [-0.2, 0) is 0 Å². The van der Waals surface area contributed by atoms with Gasteiger partial charge in [-0.15, -0.1) is 0 Å². The molecule has 28 heavy (non-hydrogen) atoms. The van der Waals surface area contributed by atoms with Crippen molar-refractivity contribution in [3.8, 4) is 11.5 Å². The average Bonchev–Trinajstić information content (AvgIpc) is 3.26. The summed E-state index contributed by atoms with van der Waals surface area (Å²) in [7, 11) is 1.64. The van der Waals surface area contributed by atoms with Gasteiger partial charge in [0.05, 0.1) is 7.11 Å². The zero-order chi connectivity index (χ0) is 19.1. The third-order valence-electron chi connectivity index (χ3n) is 5.94. The van der Waals surface area contributed by atoms with Gasteiger partial charge in [-0.25, -0.2) is 0 Å². The molecule has 2 aliphatic heterocycles. The van der Waals surface area contributed by atoms with Crippen molar-refractivity contribution in [3.05, 3.63) is 54.5 Å². The first-order chi connectivity index (χ1) is 13.7. The predicted molar refractivity (Wildman–Crippen MR) is 106 cm³/mol. The Hall–Kier alpha value is -3.02. The first-order valence-electron chi connectivity index (χ1n) is 9.77. The number of methoxy groups -OCH3 is 1. The molecule has 2 atom stereocenters. The Labute approximate surface area is 163 Å². The zero-order valence-electron chi connectivity index (χ0n) is 15.8. The molecule has 1 N–H and O–H groups in total. The van der Waals surface area contributed by atoms with Crippen molar-refractivity contribution in [2.24, 2.45) is 0 Å². The first kappa shape index (κ1) is 17.1. The Kier molecular flexibility index (Phi) is 4.19. The molecule has 0 saturated carbocycles. The Morgan fingerprint density at radius 3 is 2.54 bits per heavy atom. The van der Waals surface area contributed by atoms with Gasteiger partial charge in [-0.2, -0.15) is 0 Å². The van der Waals surface area contributed by atoms with Gasteiger partial charge in [0.1, 0.15) is 23.3 Å². The lowest BCUT2D eigenvalue weighted by Crippen LogP contribution is -2.49. The van der Waals surface area contributed by atoms with E-state index >= 15 is 0 Å². The molecule has 3 aromatic rings.